The average Bonchev–Trinajstić information content (AvgIpc) is 2.69. The van der Waals surface area contributed by atoms with Crippen molar-refractivity contribution in [1.82, 2.24) is 4.90 Å². The van der Waals surface area contributed by atoms with E-state index in [0.717, 1.165) is 37.9 Å². The Morgan fingerprint density at radius 2 is 1.64 bits per heavy atom. The molecule has 1 saturated heterocycles. The molecule has 0 unspecified atom stereocenters. The Hall–Kier alpha value is -2.54. The molecule has 6 nitrogen and oxygen atoms in total. The van der Waals surface area contributed by atoms with E-state index in [9.17, 15) is 13.2 Å². The van der Waals surface area contributed by atoms with Crippen LogP contribution in [-0.2, 0) is 10.0 Å². The average molecular weight is 403 g/mol. The minimum atomic E-state index is -3.75. The Morgan fingerprint density at radius 3 is 2.25 bits per heavy atom. The largest absolute Gasteiger partial charge is 0.496 e. The lowest BCUT2D eigenvalue weighted by atomic mass is 10.1. The number of hydrogen-bond donors (Lipinski definition) is 1. The predicted molar refractivity (Wildman–Crippen MR) is 109 cm³/mol. The first-order valence-corrected chi connectivity index (χ1v) is 10.9. The number of anilines is 1. The lowest BCUT2D eigenvalue weighted by Gasteiger charge is -2.26. The van der Waals surface area contributed by atoms with E-state index in [0.29, 0.717) is 22.6 Å². The highest BCUT2D eigenvalue weighted by Crippen LogP contribution is 2.27. The number of benzene rings is 2. The highest BCUT2D eigenvalue weighted by Gasteiger charge is 2.20. The summed E-state index contributed by atoms with van der Waals surface area (Å²) in [6.45, 7) is 5.10. The second-order valence-electron chi connectivity index (χ2n) is 7.12. The van der Waals surface area contributed by atoms with Crippen LogP contribution >= 0.6 is 0 Å². The molecule has 1 aliphatic heterocycles. The topological polar surface area (TPSA) is 75.7 Å². The standard InChI is InChI=1S/C21H26N2O4S/c1-15-14-20(16(2)13-19(15)27-3)28(25,26)22-18-9-7-17(8-10-18)21(24)23-11-5-4-6-12-23/h7-10,13-14,22H,4-6,11-12H2,1-3H3. The molecule has 3 rings (SSSR count). The molecule has 2 aromatic rings. The summed E-state index contributed by atoms with van der Waals surface area (Å²) >= 11 is 0. The summed E-state index contributed by atoms with van der Waals surface area (Å²) in [5.41, 5.74) is 2.34. The van der Waals surface area contributed by atoms with Crippen molar-refractivity contribution in [2.75, 3.05) is 24.9 Å². The van der Waals surface area contributed by atoms with Crippen molar-refractivity contribution < 1.29 is 17.9 Å². The van der Waals surface area contributed by atoms with Crippen LogP contribution in [0.1, 0.15) is 40.7 Å². The van der Waals surface area contributed by atoms with Gasteiger partial charge in [0.2, 0.25) is 0 Å². The van der Waals surface area contributed by atoms with Crippen LogP contribution in [0.25, 0.3) is 0 Å². The number of likely N-dealkylation sites (tertiary alicyclic amines) is 1. The van der Waals surface area contributed by atoms with Gasteiger partial charge in [0.15, 0.2) is 0 Å². The first-order chi connectivity index (χ1) is 13.3. The number of aryl methyl sites for hydroxylation is 2. The maximum atomic E-state index is 12.8. The van der Waals surface area contributed by atoms with E-state index >= 15 is 0 Å². The molecule has 0 bridgehead atoms. The fourth-order valence-corrected chi connectivity index (χ4v) is 4.81. The molecule has 0 aliphatic carbocycles. The van der Waals surface area contributed by atoms with Crippen LogP contribution in [0.15, 0.2) is 41.3 Å². The van der Waals surface area contributed by atoms with Crippen molar-refractivity contribution in [3.8, 4) is 5.75 Å². The first-order valence-electron chi connectivity index (χ1n) is 9.39. The van der Waals surface area contributed by atoms with Gasteiger partial charge in [-0.1, -0.05) is 0 Å². The van der Waals surface area contributed by atoms with Crippen molar-refractivity contribution >= 4 is 21.6 Å². The number of piperidine rings is 1. The maximum Gasteiger partial charge on any atom is 0.262 e. The Kier molecular flexibility index (Phi) is 5.93. The smallest absolute Gasteiger partial charge is 0.262 e. The lowest BCUT2D eigenvalue weighted by Crippen LogP contribution is -2.35. The van der Waals surface area contributed by atoms with Gasteiger partial charge < -0.3 is 9.64 Å². The number of ether oxygens (including phenoxy) is 1. The SMILES string of the molecule is COc1cc(C)c(S(=O)(=O)Nc2ccc(C(=O)N3CCCCC3)cc2)cc1C. The summed E-state index contributed by atoms with van der Waals surface area (Å²) in [4.78, 5) is 14.6. The van der Waals surface area contributed by atoms with E-state index in [4.69, 9.17) is 4.74 Å². The zero-order valence-electron chi connectivity index (χ0n) is 16.5. The van der Waals surface area contributed by atoms with Crippen molar-refractivity contribution in [2.24, 2.45) is 0 Å². The number of nitrogens with zero attached hydrogens (tertiary/aromatic N) is 1. The summed E-state index contributed by atoms with van der Waals surface area (Å²) in [7, 11) is -2.19. The zero-order chi connectivity index (χ0) is 20.3. The molecule has 1 amide bonds. The Morgan fingerprint density at radius 1 is 1.00 bits per heavy atom. The number of nitrogens with one attached hydrogen (secondary N) is 1. The Balaban J connectivity index is 1.78. The molecule has 7 heteroatoms. The molecule has 0 aromatic heterocycles. The second kappa shape index (κ2) is 8.22. The molecular formula is C21H26N2O4S. The molecule has 1 aliphatic rings. The van der Waals surface area contributed by atoms with Crippen molar-refractivity contribution in [1.29, 1.82) is 0 Å². The van der Waals surface area contributed by atoms with Gasteiger partial charge in [-0.15, -0.1) is 0 Å². The fraction of sp³-hybridized carbons (Fsp3) is 0.381. The van der Waals surface area contributed by atoms with Crippen LogP contribution in [0.4, 0.5) is 5.69 Å². The van der Waals surface area contributed by atoms with Gasteiger partial charge in [-0.2, -0.15) is 0 Å². The van der Waals surface area contributed by atoms with Crippen LogP contribution in [0.3, 0.4) is 0 Å². The number of sulfonamides is 1. The van der Waals surface area contributed by atoms with Gasteiger partial charge in [-0.3, -0.25) is 9.52 Å². The highest BCUT2D eigenvalue weighted by atomic mass is 32.2. The van der Waals surface area contributed by atoms with Gasteiger partial charge in [-0.05, 0) is 80.6 Å². The van der Waals surface area contributed by atoms with Crippen LogP contribution in [0.2, 0.25) is 0 Å². The van der Waals surface area contributed by atoms with Crippen LogP contribution in [0, 0.1) is 13.8 Å². The third kappa shape index (κ3) is 4.30. The molecule has 1 N–H and O–H groups in total. The molecular weight excluding hydrogens is 376 g/mol. The minimum Gasteiger partial charge on any atom is -0.496 e. The van der Waals surface area contributed by atoms with Crippen LogP contribution in [-0.4, -0.2) is 39.4 Å². The summed E-state index contributed by atoms with van der Waals surface area (Å²) < 4.78 is 33.5. The maximum absolute atomic E-state index is 12.8. The van der Waals surface area contributed by atoms with Gasteiger partial charge in [0, 0.05) is 24.3 Å². The van der Waals surface area contributed by atoms with Crippen LogP contribution in [0.5, 0.6) is 5.75 Å². The van der Waals surface area contributed by atoms with E-state index in [-0.39, 0.29) is 10.8 Å². The minimum absolute atomic E-state index is 0.00395. The monoisotopic (exact) mass is 402 g/mol. The van der Waals surface area contributed by atoms with Crippen molar-refractivity contribution in [3.63, 3.8) is 0 Å². The molecule has 2 aromatic carbocycles. The normalized spacial score (nSPS) is 14.6. The van der Waals surface area contributed by atoms with E-state index in [1.165, 1.54) is 0 Å². The Labute approximate surface area is 166 Å². The number of hydrogen-bond acceptors (Lipinski definition) is 4. The van der Waals surface area contributed by atoms with Gasteiger partial charge in [-0.25, -0.2) is 8.42 Å². The number of carbonyl (C=O) groups excluding carboxylic acids is 1. The molecule has 0 saturated carbocycles. The summed E-state index contributed by atoms with van der Waals surface area (Å²) in [6.07, 6.45) is 3.23. The zero-order valence-corrected chi connectivity index (χ0v) is 17.3. The number of carbonyl (C=O) groups is 1. The number of methoxy groups -OCH3 is 1. The predicted octanol–water partition coefficient (Wildman–Crippen LogP) is 3.74. The van der Waals surface area contributed by atoms with E-state index in [1.807, 2.05) is 4.90 Å². The molecule has 150 valence electrons. The van der Waals surface area contributed by atoms with E-state index in [2.05, 4.69) is 4.72 Å². The molecule has 1 heterocycles. The molecule has 0 atom stereocenters. The molecule has 0 radical (unpaired) electrons. The summed E-state index contributed by atoms with van der Waals surface area (Å²) in [5.74, 6) is 0.646. The summed E-state index contributed by atoms with van der Waals surface area (Å²) in [5, 5.41) is 0. The van der Waals surface area contributed by atoms with E-state index in [1.54, 1.807) is 57.4 Å². The van der Waals surface area contributed by atoms with Gasteiger partial charge >= 0.3 is 0 Å². The van der Waals surface area contributed by atoms with Gasteiger partial charge in [0.25, 0.3) is 15.9 Å². The summed E-state index contributed by atoms with van der Waals surface area (Å²) in [6, 6.07) is 9.90. The van der Waals surface area contributed by atoms with Crippen molar-refractivity contribution in [2.45, 2.75) is 38.0 Å². The van der Waals surface area contributed by atoms with Gasteiger partial charge in [0.05, 0.1) is 12.0 Å². The molecule has 0 spiro atoms. The number of amides is 1. The molecule has 28 heavy (non-hydrogen) atoms. The third-order valence-corrected chi connectivity index (χ3v) is 6.53. The Bertz CT molecular complexity index is 963. The lowest BCUT2D eigenvalue weighted by molar-refractivity contribution is 0.0724. The number of rotatable bonds is 5. The van der Waals surface area contributed by atoms with Gasteiger partial charge in [0.1, 0.15) is 5.75 Å². The van der Waals surface area contributed by atoms with Crippen molar-refractivity contribution in [3.05, 3.63) is 53.1 Å². The first kappa shape index (κ1) is 20.2. The second-order valence-corrected chi connectivity index (χ2v) is 8.77. The van der Waals surface area contributed by atoms with Crippen LogP contribution < -0.4 is 9.46 Å². The molecule has 1 fully saturated rings. The quantitative estimate of drug-likeness (QED) is 0.827. The fourth-order valence-electron chi connectivity index (χ4n) is 3.44. The van der Waals surface area contributed by atoms with E-state index < -0.39 is 10.0 Å². The highest BCUT2D eigenvalue weighted by molar-refractivity contribution is 7.92. The third-order valence-electron chi connectivity index (χ3n) is 5.01.